The highest BCUT2D eigenvalue weighted by Crippen LogP contribution is 2.26. The van der Waals surface area contributed by atoms with Gasteiger partial charge in [-0.05, 0) is 30.3 Å². The fourth-order valence-electron chi connectivity index (χ4n) is 1.32. The summed E-state index contributed by atoms with van der Waals surface area (Å²) in [5, 5.41) is 8.69. The molecule has 0 aromatic heterocycles. The third-order valence-electron chi connectivity index (χ3n) is 2.11. The van der Waals surface area contributed by atoms with E-state index in [9.17, 15) is 8.78 Å². The van der Waals surface area contributed by atoms with Gasteiger partial charge in [0, 0.05) is 0 Å². The highest BCUT2D eigenvalue weighted by Gasteiger charge is 2.09. The van der Waals surface area contributed by atoms with Crippen molar-refractivity contribution in [2.45, 2.75) is 0 Å². The lowest BCUT2D eigenvalue weighted by atomic mass is 10.2. The van der Waals surface area contributed by atoms with Crippen molar-refractivity contribution in [2.75, 3.05) is 0 Å². The third kappa shape index (κ3) is 2.40. The fraction of sp³-hybridized carbons (Fsp3) is 0. The molecule has 84 valence electrons. The summed E-state index contributed by atoms with van der Waals surface area (Å²) in [6, 6.07) is 11.8. The van der Waals surface area contributed by atoms with Crippen LogP contribution in [-0.2, 0) is 0 Å². The molecule has 0 amide bonds. The zero-order valence-corrected chi connectivity index (χ0v) is 8.65. The smallest absolute Gasteiger partial charge is 0.201 e. The molecule has 0 radical (unpaired) electrons. The Labute approximate surface area is 96.7 Å². The van der Waals surface area contributed by atoms with Gasteiger partial charge >= 0.3 is 0 Å². The van der Waals surface area contributed by atoms with E-state index in [1.54, 1.807) is 18.2 Å². The molecule has 2 aromatic rings. The van der Waals surface area contributed by atoms with Gasteiger partial charge in [-0.2, -0.15) is 9.65 Å². The Kier molecular flexibility index (Phi) is 3.01. The molecule has 0 unspecified atom stereocenters. The van der Waals surface area contributed by atoms with Crippen LogP contribution in [0.2, 0.25) is 0 Å². The second-order valence-corrected chi connectivity index (χ2v) is 3.29. The molecule has 0 atom stereocenters. The van der Waals surface area contributed by atoms with Gasteiger partial charge in [0.1, 0.15) is 5.75 Å². The molecule has 0 saturated heterocycles. The zero-order chi connectivity index (χ0) is 12.3. The van der Waals surface area contributed by atoms with Crippen LogP contribution in [0, 0.1) is 23.0 Å². The summed E-state index contributed by atoms with van der Waals surface area (Å²) in [5.74, 6) is -1.94. The van der Waals surface area contributed by atoms with Crippen LogP contribution in [0.4, 0.5) is 8.78 Å². The Morgan fingerprint density at radius 3 is 2.59 bits per heavy atom. The van der Waals surface area contributed by atoms with Crippen LogP contribution in [0.25, 0.3) is 0 Å². The number of hydrogen-bond donors (Lipinski definition) is 0. The molecule has 4 heteroatoms. The largest absolute Gasteiger partial charge is 0.454 e. The standard InChI is InChI=1S/C13H7F2NO/c14-11-5-2-6-12(13(11)15)17-10-4-1-3-9(7-10)8-16/h1-7H. The molecule has 0 aliphatic heterocycles. The topological polar surface area (TPSA) is 33.0 Å². The van der Waals surface area contributed by atoms with Crippen molar-refractivity contribution in [1.82, 2.24) is 0 Å². The third-order valence-corrected chi connectivity index (χ3v) is 2.11. The van der Waals surface area contributed by atoms with Gasteiger partial charge in [-0.15, -0.1) is 0 Å². The van der Waals surface area contributed by atoms with Crippen molar-refractivity contribution in [2.24, 2.45) is 0 Å². The predicted octanol–water partition coefficient (Wildman–Crippen LogP) is 3.63. The summed E-state index contributed by atoms with van der Waals surface area (Å²) in [4.78, 5) is 0. The van der Waals surface area contributed by atoms with Gasteiger partial charge in [0.2, 0.25) is 5.82 Å². The quantitative estimate of drug-likeness (QED) is 0.790. The van der Waals surface area contributed by atoms with Crippen molar-refractivity contribution in [3.63, 3.8) is 0 Å². The lowest BCUT2D eigenvalue weighted by Crippen LogP contribution is -1.91. The van der Waals surface area contributed by atoms with E-state index in [0.29, 0.717) is 5.56 Å². The van der Waals surface area contributed by atoms with Crippen LogP contribution >= 0.6 is 0 Å². The Bertz CT molecular complexity index is 590. The minimum absolute atomic E-state index is 0.208. The van der Waals surface area contributed by atoms with Crippen LogP contribution in [0.3, 0.4) is 0 Å². The van der Waals surface area contributed by atoms with E-state index in [-0.39, 0.29) is 11.5 Å². The van der Waals surface area contributed by atoms with Gasteiger partial charge in [0.05, 0.1) is 11.6 Å². The van der Waals surface area contributed by atoms with E-state index in [1.165, 1.54) is 18.2 Å². The summed E-state index contributed by atoms with van der Waals surface area (Å²) >= 11 is 0. The molecule has 0 N–H and O–H groups in total. The summed E-state index contributed by atoms with van der Waals surface area (Å²) in [5.41, 5.74) is 0.388. The lowest BCUT2D eigenvalue weighted by Gasteiger charge is -2.06. The van der Waals surface area contributed by atoms with Gasteiger partial charge in [0.15, 0.2) is 11.6 Å². The van der Waals surface area contributed by atoms with E-state index in [4.69, 9.17) is 10.00 Å². The van der Waals surface area contributed by atoms with Crippen molar-refractivity contribution < 1.29 is 13.5 Å². The fourth-order valence-corrected chi connectivity index (χ4v) is 1.32. The first-order valence-electron chi connectivity index (χ1n) is 4.83. The van der Waals surface area contributed by atoms with Crippen LogP contribution in [0.1, 0.15) is 5.56 Å². The minimum atomic E-state index is -1.05. The lowest BCUT2D eigenvalue weighted by molar-refractivity contribution is 0.416. The highest BCUT2D eigenvalue weighted by molar-refractivity contribution is 5.39. The molecule has 0 bridgehead atoms. The summed E-state index contributed by atoms with van der Waals surface area (Å²) in [7, 11) is 0. The first-order valence-corrected chi connectivity index (χ1v) is 4.83. The number of hydrogen-bond acceptors (Lipinski definition) is 2. The van der Waals surface area contributed by atoms with E-state index in [0.717, 1.165) is 6.07 Å². The predicted molar refractivity (Wildman–Crippen MR) is 57.6 cm³/mol. The van der Waals surface area contributed by atoms with E-state index < -0.39 is 11.6 Å². The molecular weight excluding hydrogens is 224 g/mol. The van der Waals surface area contributed by atoms with E-state index in [1.807, 2.05) is 6.07 Å². The Morgan fingerprint density at radius 2 is 1.82 bits per heavy atom. The van der Waals surface area contributed by atoms with E-state index >= 15 is 0 Å². The molecule has 0 fully saturated rings. The molecule has 17 heavy (non-hydrogen) atoms. The zero-order valence-electron chi connectivity index (χ0n) is 8.65. The first-order chi connectivity index (χ1) is 8.20. The van der Waals surface area contributed by atoms with Crippen LogP contribution in [0.5, 0.6) is 11.5 Å². The number of nitriles is 1. The molecule has 0 aliphatic rings. The second kappa shape index (κ2) is 4.62. The molecule has 2 aromatic carbocycles. The molecule has 2 nitrogen and oxygen atoms in total. The number of nitrogens with zero attached hydrogens (tertiary/aromatic N) is 1. The first kappa shape index (κ1) is 11.1. The molecule has 0 spiro atoms. The Morgan fingerprint density at radius 1 is 1.06 bits per heavy atom. The van der Waals surface area contributed by atoms with Crippen LogP contribution < -0.4 is 4.74 Å². The summed E-state index contributed by atoms with van der Waals surface area (Å²) in [6.45, 7) is 0. The Hall–Kier alpha value is -2.41. The molecule has 0 aliphatic carbocycles. The van der Waals surface area contributed by atoms with Gasteiger partial charge in [0.25, 0.3) is 0 Å². The van der Waals surface area contributed by atoms with Gasteiger partial charge < -0.3 is 4.74 Å². The maximum Gasteiger partial charge on any atom is 0.201 e. The summed E-state index contributed by atoms with van der Waals surface area (Å²) < 4.78 is 31.4. The number of benzene rings is 2. The minimum Gasteiger partial charge on any atom is -0.454 e. The molecule has 0 saturated carbocycles. The SMILES string of the molecule is N#Cc1cccc(Oc2cccc(F)c2F)c1. The van der Waals surface area contributed by atoms with Gasteiger partial charge in [-0.25, -0.2) is 4.39 Å². The maximum absolute atomic E-state index is 13.3. The monoisotopic (exact) mass is 231 g/mol. The number of ether oxygens (including phenoxy) is 1. The molecule has 0 heterocycles. The number of halogens is 2. The molecular formula is C13H7F2NO. The van der Waals surface area contributed by atoms with Crippen molar-refractivity contribution in [1.29, 1.82) is 5.26 Å². The van der Waals surface area contributed by atoms with Gasteiger partial charge in [-0.3, -0.25) is 0 Å². The van der Waals surface area contributed by atoms with Crippen LogP contribution in [0.15, 0.2) is 42.5 Å². The van der Waals surface area contributed by atoms with Crippen molar-refractivity contribution in [3.05, 3.63) is 59.7 Å². The van der Waals surface area contributed by atoms with Crippen molar-refractivity contribution in [3.8, 4) is 17.6 Å². The Balaban J connectivity index is 2.32. The average molecular weight is 231 g/mol. The van der Waals surface area contributed by atoms with E-state index in [2.05, 4.69) is 0 Å². The van der Waals surface area contributed by atoms with Crippen molar-refractivity contribution >= 4 is 0 Å². The summed E-state index contributed by atoms with van der Waals surface area (Å²) in [6.07, 6.45) is 0. The average Bonchev–Trinajstić information content (AvgIpc) is 2.35. The normalized spacial score (nSPS) is 9.71. The molecule has 2 rings (SSSR count). The maximum atomic E-state index is 13.3. The second-order valence-electron chi connectivity index (χ2n) is 3.29. The highest BCUT2D eigenvalue weighted by atomic mass is 19.2. The van der Waals surface area contributed by atoms with Gasteiger partial charge in [-0.1, -0.05) is 12.1 Å². The number of rotatable bonds is 2. The van der Waals surface area contributed by atoms with Crippen LogP contribution in [-0.4, -0.2) is 0 Å².